The number of allylic oxidation sites excluding steroid dienone is 6. The molecular weight excluding hydrogens is 228 g/mol. The molecule has 1 heterocycles. The van der Waals surface area contributed by atoms with Gasteiger partial charge < -0.3 is 0 Å². The topological polar surface area (TPSA) is 17.1 Å². The first-order chi connectivity index (χ1) is 8.27. The molecule has 0 N–H and O–H groups in total. The van der Waals surface area contributed by atoms with Crippen molar-refractivity contribution in [3.05, 3.63) is 60.1 Å². The summed E-state index contributed by atoms with van der Waals surface area (Å²) in [6, 6.07) is 0. The minimum absolute atomic E-state index is 0.0308. The number of hydrogen-bond acceptors (Lipinski definition) is 2. The normalized spacial score (nSPS) is 25.9. The molecule has 2 aliphatic rings. The molecule has 1 nitrogen and oxygen atoms in total. The first-order valence-electron chi connectivity index (χ1n) is 5.83. The molecule has 0 saturated carbocycles. The van der Waals surface area contributed by atoms with Crippen molar-refractivity contribution in [3.8, 4) is 0 Å². The number of fused-ring (bicyclic) bond motifs is 1. The number of rotatable bonds is 2. The van der Waals surface area contributed by atoms with Crippen molar-refractivity contribution >= 4 is 17.5 Å². The standard InChI is InChI=1S/C13H12OS.C2H6/c1-3-9-11(4-2)15-12-8-6-5-7-10(12)13(9)14;1-2/h3-8,10,12H,1-2H2;1-2H3. The summed E-state index contributed by atoms with van der Waals surface area (Å²) in [4.78, 5) is 13.0. The number of carbonyl (C=O) groups is 1. The molecule has 2 unspecified atom stereocenters. The number of Topliss-reactive ketones (excluding diaryl/α,β-unsaturated/α-hetero) is 1. The van der Waals surface area contributed by atoms with Crippen molar-refractivity contribution in [2.45, 2.75) is 19.1 Å². The first-order valence-corrected chi connectivity index (χ1v) is 6.71. The summed E-state index contributed by atoms with van der Waals surface area (Å²) in [5.41, 5.74) is 0.705. The molecule has 2 heteroatoms. The molecule has 0 bridgehead atoms. The Morgan fingerprint density at radius 2 is 1.82 bits per heavy atom. The summed E-state index contributed by atoms with van der Waals surface area (Å²) in [7, 11) is 0. The van der Waals surface area contributed by atoms with Crippen LogP contribution in [0.5, 0.6) is 0 Å². The predicted molar refractivity (Wildman–Crippen MR) is 76.9 cm³/mol. The number of hydrogen-bond donors (Lipinski definition) is 0. The molecule has 1 aliphatic carbocycles. The average Bonchev–Trinajstić information content (AvgIpc) is 2.41. The van der Waals surface area contributed by atoms with Gasteiger partial charge in [-0.1, -0.05) is 63.5 Å². The maximum absolute atomic E-state index is 12.1. The van der Waals surface area contributed by atoms with Crippen LogP contribution < -0.4 is 0 Å². The van der Waals surface area contributed by atoms with Crippen molar-refractivity contribution in [1.82, 2.24) is 0 Å². The predicted octanol–water partition coefficient (Wildman–Crippen LogP) is 4.07. The highest BCUT2D eigenvalue weighted by molar-refractivity contribution is 8.04. The third-order valence-electron chi connectivity index (χ3n) is 2.57. The van der Waals surface area contributed by atoms with Crippen molar-refractivity contribution in [2.24, 2.45) is 5.92 Å². The largest absolute Gasteiger partial charge is 0.293 e. The quantitative estimate of drug-likeness (QED) is 0.730. The van der Waals surface area contributed by atoms with Gasteiger partial charge in [-0.25, -0.2) is 0 Å². The van der Waals surface area contributed by atoms with Gasteiger partial charge in [0.25, 0.3) is 0 Å². The van der Waals surface area contributed by atoms with E-state index in [-0.39, 0.29) is 17.0 Å². The molecule has 1 aliphatic heterocycles. The molecule has 0 spiro atoms. The van der Waals surface area contributed by atoms with Gasteiger partial charge in [-0.3, -0.25) is 4.79 Å². The van der Waals surface area contributed by atoms with E-state index < -0.39 is 0 Å². The lowest BCUT2D eigenvalue weighted by Crippen LogP contribution is -2.29. The third kappa shape index (κ3) is 2.70. The summed E-state index contributed by atoms with van der Waals surface area (Å²) in [5, 5.41) is 0.221. The lowest BCUT2D eigenvalue weighted by Gasteiger charge is -2.28. The van der Waals surface area contributed by atoms with E-state index in [0.29, 0.717) is 5.57 Å². The van der Waals surface area contributed by atoms with Gasteiger partial charge in [0.1, 0.15) is 0 Å². The van der Waals surface area contributed by atoms with Crippen LogP contribution in [-0.2, 0) is 4.79 Å². The third-order valence-corrected chi connectivity index (χ3v) is 3.93. The Morgan fingerprint density at radius 1 is 1.18 bits per heavy atom. The number of ketones is 1. The minimum atomic E-state index is -0.0308. The zero-order valence-corrected chi connectivity index (χ0v) is 11.2. The van der Waals surface area contributed by atoms with Gasteiger partial charge in [0, 0.05) is 15.7 Å². The zero-order chi connectivity index (χ0) is 12.8. The van der Waals surface area contributed by atoms with Gasteiger partial charge in [0.2, 0.25) is 0 Å². The monoisotopic (exact) mass is 246 g/mol. The summed E-state index contributed by atoms with van der Waals surface area (Å²) in [6.07, 6.45) is 11.3. The SMILES string of the molecule is C=CC1=C(C=C)C(=O)C2C=CC=CC2S1.CC. The van der Waals surface area contributed by atoms with E-state index in [1.807, 2.05) is 32.1 Å². The number of thioether (sulfide) groups is 1. The highest BCUT2D eigenvalue weighted by Gasteiger charge is 2.33. The Labute approximate surface area is 108 Å². The van der Waals surface area contributed by atoms with Gasteiger partial charge >= 0.3 is 0 Å². The molecule has 0 saturated heterocycles. The van der Waals surface area contributed by atoms with Crippen LogP contribution in [-0.4, -0.2) is 11.0 Å². The van der Waals surface area contributed by atoms with Crippen LogP contribution in [0, 0.1) is 5.92 Å². The van der Waals surface area contributed by atoms with Gasteiger partial charge in [0.15, 0.2) is 5.78 Å². The molecule has 17 heavy (non-hydrogen) atoms. The molecule has 0 radical (unpaired) electrons. The van der Waals surface area contributed by atoms with Crippen LogP contribution in [0.25, 0.3) is 0 Å². The van der Waals surface area contributed by atoms with Gasteiger partial charge in [-0.2, -0.15) is 0 Å². The molecule has 2 atom stereocenters. The van der Waals surface area contributed by atoms with Crippen molar-refractivity contribution < 1.29 is 4.79 Å². The second-order valence-electron chi connectivity index (χ2n) is 3.43. The van der Waals surface area contributed by atoms with Crippen LogP contribution in [0.15, 0.2) is 60.1 Å². The van der Waals surface area contributed by atoms with Crippen LogP contribution in [0.4, 0.5) is 0 Å². The van der Waals surface area contributed by atoms with E-state index >= 15 is 0 Å². The van der Waals surface area contributed by atoms with E-state index in [2.05, 4.69) is 19.2 Å². The Kier molecular flexibility index (Phi) is 5.23. The Hall–Kier alpha value is -1.28. The fourth-order valence-corrected chi connectivity index (χ4v) is 3.04. The zero-order valence-electron chi connectivity index (χ0n) is 10.3. The molecule has 2 rings (SSSR count). The highest BCUT2D eigenvalue weighted by atomic mass is 32.2. The average molecular weight is 246 g/mol. The molecule has 0 aromatic heterocycles. The maximum atomic E-state index is 12.1. The lowest BCUT2D eigenvalue weighted by atomic mass is 9.90. The Balaban J connectivity index is 0.000000686. The summed E-state index contributed by atoms with van der Waals surface area (Å²) in [6.45, 7) is 11.4. The van der Waals surface area contributed by atoms with Crippen molar-refractivity contribution in [3.63, 3.8) is 0 Å². The van der Waals surface area contributed by atoms with E-state index in [4.69, 9.17) is 0 Å². The first kappa shape index (κ1) is 13.8. The molecular formula is C15H18OS. The Bertz CT molecular complexity index is 413. The summed E-state index contributed by atoms with van der Waals surface area (Å²) >= 11 is 1.68. The molecule has 0 fully saturated rings. The smallest absolute Gasteiger partial charge is 0.172 e. The molecule has 90 valence electrons. The van der Waals surface area contributed by atoms with Crippen LogP contribution >= 0.6 is 11.8 Å². The van der Waals surface area contributed by atoms with Crippen LogP contribution in [0.3, 0.4) is 0 Å². The van der Waals surface area contributed by atoms with Crippen molar-refractivity contribution in [2.75, 3.05) is 0 Å². The second kappa shape index (κ2) is 6.45. The van der Waals surface area contributed by atoms with Gasteiger partial charge in [0.05, 0.1) is 5.92 Å². The highest BCUT2D eigenvalue weighted by Crippen LogP contribution is 2.40. The Morgan fingerprint density at radius 3 is 2.41 bits per heavy atom. The second-order valence-corrected chi connectivity index (χ2v) is 4.65. The van der Waals surface area contributed by atoms with Gasteiger partial charge in [-0.15, -0.1) is 11.8 Å². The number of carbonyl (C=O) groups excluding carboxylic acids is 1. The fraction of sp³-hybridized carbons (Fsp3) is 0.267. The minimum Gasteiger partial charge on any atom is -0.293 e. The van der Waals surface area contributed by atoms with E-state index in [1.54, 1.807) is 23.9 Å². The van der Waals surface area contributed by atoms with Gasteiger partial charge in [-0.05, 0) is 0 Å². The maximum Gasteiger partial charge on any atom is 0.172 e. The van der Waals surface area contributed by atoms with E-state index in [9.17, 15) is 4.79 Å². The van der Waals surface area contributed by atoms with E-state index in [0.717, 1.165) is 4.91 Å². The van der Waals surface area contributed by atoms with Crippen molar-refractivity contribution in [1.29, 1.82) is 0 Å². The van der Waals surface area contributed by atoms with Crippen LogP contribution in [0.1, 0.15) is 13.8 Å². The fourth-order valence-electron chi connectivity index (χ4n) is 1.81. The lowest BCUT2D eigenvalue weighted by molar-refractivity contribution is -0.117. The summed E-state index contributed by atoms with van der Waals surface area (Å²) in [5.74, 6) is 0.126. The molecule has 0 aromatic rings. The molecule has 0 aromatic carbocycles. The molecule has 0 amide bonds. The summed E-state index contributed by atoms with van der Waals surface area (Å²) < 4.78 is 0. The van der Waals surface area contributed by atoms with Crippen LogP contribution in [0.2, 0.25) is 0 Å². The van der Waals surface area contributed by atoms with E-state index in [1.165, 1.54) is 0 Å².